The lowest BCUT2D eigenvalue weighted by Gasteiger charge is -2.18. The van der Waals surface area contributed by atoms with Crippen LogP contribution in [-0.2, 0) is 10.0 Å². The molecule has 0 aliphatic heterocycles. The molecule has 0 saturated heterocycles. The number of rotatable bonds is 4. The van der Waals surface area contributed by atoms with Crippen molar-refractivity contribution in [3.8, 4) is 5.75 Å². The summed E-state index contributed by atoms with van der Waals surface area (Å²) < 4.78 is 30.7. The standard InChI is InChI=1S/C11H13N3O3S/c1-14(9-4-3-5-10(6-9)17-2)18(15,16)11-7-12-13-8-11/h3-8H,1-2H3,(H,12,13). The Balaban J connectivity index is 2.39. The molecule has 1 heterocycles. The van der Waals surface area contributed by atoms with Crippen molar-refractivity contribution in [1.29, 1.82) is 0 Å². The monoisotopic (exact) mass is 267 g/mol. The second kappa shape index (κ2) is 4.69. The minimum Gasteiger partial charge on any atom is -0.497 e. The van der Waals surface area contributed by atoms with Gasteiger partial charge in [-0.15, -0.1) is 0 Å². The average Bonchev–Trinajstić information content (AvgIpc) is 2.92. The van der Waals surface area contributed by atoms with Gasteiger partial charge >= 0.3 is 0 Å². The van der Waals surface area contributed by atoms with E-state index in [0.717, 1.165) is 0 Å². The first-order chi connectivity index (χ1) is 8.55. The first-order valence-electron chi connectivity index (χ1n) is 5.17. The van der Waals surface area contributed by atoms with E-state index in [1.165, 1.54) is 30.9 Å². The van der Waals surface area contributed by atoms with Crippen LogP contribution in [-0.4, -0.2) is 32.8 Å². The van der Waals surface area contributed by atoms with Gasteiger partial charge in [-0.05, 0) is 12.1 Å². The van der Waals surface area contributed by atoms with Crippen LogP contribution < -0.4 is 9.04 Å². The summed E-state index contributed by atoms with van der Waals surface area (Å²) in [4.78, 5) is 0.118. The molecular formula is C11H13N3O3S. The van der Waals surface area contributed by atoms with Crippen LogP contribution in [0.25, 0.3) is 0 Å². The van der Waals surface area contributed by atoms with Gasteiger partial charge < -0.3 is 4.74 Å². The van der Waals surface area contributed by atoms with Crippen molar-refractivity contribution < 1.29 is 13.2 Å². The Hall–Kier alpha value is -2.02. The fraction of sp³-hybridized carbons (Fsp3) is 0.182. The minimum atomic E-state index is -3.59. The third kappa shape index (κ3) is 2.17. The van der Waals surface area contributed by atoms with Gasteiger partial charge in [0.25, 0.3) is 10.0 Å². The highest BCUT2D eigenvalue weighted by atomic mass is 32.2. The normalized spacial score (nSPS) is 11.2. The first-order valence-corrected chi connectivity index (χ1v) is 6.61. The molecule has 7 heteroatoms. The van der Waals surface area contributed by atoms with E-state index >= 15 is 0 Å². The largest absolute Gasteiger partial charge is 0.497 e. The van der Waals surface area contributed by atoms with Gasteiger partial charge in [0, 0.05) is 19.3 Å². The molecule has 1 aromatic carbocycles. The zero-order valence-electron chi connectivity index (χ0n) is 9.99. The number of nitrogens with one attached hydrogen (secondary N) is 1. The number of methoxy groups -OCH3 is 1. The van der Waals surface area contributed by atoms with Crippen molar-refractivity contribution in [3.63, 3.8) is 0 Å². The van der Waals surface area contributed by atoms with Crippen molar-refractivity contribution >= 4 is 15.7 Å². The number of hydrogen-bond donors (Lipinski definition) is 1. The zero-order chi connectivity index (χ0) is 13.2. The van der Waals surface area contributed by atoms with Gasteiger partial charge in [-0.3, -0.25) is 9.40 Å². The second-order valence-corrected chi connectivity index (χ2v) is 5.58. The highest BCUT2D eigenvalue weighted by Crippen LogP contribution is 2.24. The summed E-state index contributed by atoms with van der Waals surface area (Å²) in [7, 11) is -0.575. The Labute approximate surface area is 105 Å². The van der Waals surface area contributed by atoms with E-state index in [2.05, 4.69) is 10.2 Å². The van der Waals surface area contributed by atoms with Crippen molar-refractivity contribution in [2.24, 2.45) is 0 Å². The minimum absolute atomic E-state index is 0.118. The molecule has 0 spiro atoms. The number of anilines is 1. The molecule has 0 fully saturated rings. The Bertz CT molecular complexity index is 623. The molecule has 96 valence electrons. The van der Waals surface area contributed by atoms with Crippen molar-refractivity contribution in [1.82, 2.24) is 10.2 Å². The van der Waals surface area contributed by atoms with Crippen LogP contribution in [0.3, 0.4) is 0 Å². The number of aromatic amines is 1. The quantitative estimate of drug-likeness (QED) is 0.904. The predicted octanol–water partition coefficient (Wildman–Crippen LogP) is 1.24. The van der Waals surface area contributed by atoms with Crippen LogP contribution in [0, 0.1) is 0 Å². The van der Waals surface area contributed by atoms with E-state index in [9.17, 15) is 8.42 Å². The number of aromatic nitrogens is 2. The Morgan fingerprint density at radius 1 is 1.39 bits per heavy atom. The lowest BCUT2D eigenvalue weighted by atomic mass is 10.3. The van der Waals surface area contributed by atoms with Gasteiger partial charge in [-0.1, -0.05) is 6.07 Å². The molecule has 6 nitrogen and oxygen atoms in total. The summed E-state index contributed by atoms with van der Waals surface area (Å²) in [6.45, 7) is 0. The summed E-state index contributed by atoms with van der Waals surface area (Å²) >= 11 is 0. The van der Waals surface area contributed by atoms with Gasteiger partial charge in [0.15, 0.2) is 0 Å². The van der Waals surface area contributed by atoms with Crippen LogP contribution in [0.2, 0.25) is 0 Å². The van der Waals surface area contributed by atoms with E-state index in [0.29, 0.717) is 11.4 Å². The molecule has 0 aliphatic rings. The number of hydrogen-bond acceptors (Lipinski definition) is 4. The molecule has 0 radical (unpaired) electrons. The molecule has 2 rings (SSSR count). The van der Waals surface area contributed by atoms with Gasteiger partial charge in [0.2, 0.25) is 0 Å². The molecule has 1 N–H and O–H groups in total. The lowest BCUT2D eigenvalue weighted by molar-refractivity contribution is 0.415. The molecule has 0 amide bonds. The van der Waals surface area contributed by atoms with E-state index < -0.39 is 10.0 Å². The van der Waals surface area contributed by atoms with Gasteiger partial charge in [0.05, 0.1) is 19.0 Å². The average molecular weight is 267 g/mol. The van der Waals surface area contributed by atoms with E-state index in [-0.39, 0.29) is 4.90 Å². The highest BCUT2D eigenvalue weighted by molar-refractivity contribution is 7.92. The Kier molecular flexibility index (Phi) is 3.24. The third-order valence-corrected chi connectivity index (χ3v) is 4.30. The van der Waals surface area contributed by atoms with Crippen LogP contribution in [0.4, 0.5) is 5.69 Å². The third-order valence-electron chi connectivity index (χ3n) is 2.55. The SMILES string of the molecule is COc1cccc(N(C)S(=O)(=O)c2cn[nH]c2)c1. The van der Waals surface area contributed by atoms with E-state index in [4.69, 9.17) is 4.74 Å². The summed E-state index contributed by atoms with van der Waals surface area (Å²) in [5, 5.41) is 6.13. The number of sulfonamides is 1. The highest BCUT2D eigenvalue weighted by Gasteiger charge is 2.22. The molecule has 0 unspecified atom stereocenters. The van der Waals surface area contributed by atoms with Crippen molar-refractivity contribution in [3.05, 3.63) is 36.7 Å². The maximum Gasteiger partial charge on any atom is 0.267 e. The number of benzene rings is 1. The van der Waals surface area contributed by atoms with Crippen molar-refractivity contribution in [2.75, 3.05) is 18.5 Å². The fourth-order valence-corrected chi connectivity index (χ4v) is 2.58. The Morgan fingerprint density at radius 2 is 2.17 bits per heavy atom. The van der Waals surface area contributed by atoms with Crippen LogP contribution in [0.15, 0.2) is 41.6 Å². The predicted molar refractivity (Wildman–Crippen MR) is 67.2 cm³/mol. The number of H-pyrrole nitrogens is 1. The van der Waals surface area contributed by atoms with Crippen LogP contribution in [0.5, 0.6) is 5.75 Å². The smallest absolute Gasteiger partial charge is 0.267 e. The number of ether oxygens (including phenoxy) is 1. The van der Waals surface area contributed by atoms with Crippen LogP contribution in [0.1, 0.15) is 0 Å². The molecule has 0 bridgehead atoms. The molecule has 18 heavy (non-hydrogen) atoms. The molecule has 0 aliphatic carbocycles. The molecular weight excluding hydrogens is 254 g/mol. The molecule has 0 atom stereocenters. The summed E-state index contributed by atoms with van der Waals surface area (Å²) in [5.41, 5.74) is 0.524. The fourth-order valence-electron chi connectivity index (χ4n) is 1.48. The molecule has 1 aromatic heterocycles. The molecule has 0 saturated carbocycles. The topological polar surface area (TPSA) is 75.3 Å². The van der Waals surface area contributed by atoms with E-state index in [1.54, 1.807) is 24.3 Å². The van der Waals surface area contributed by atoms with E-state index in [1.807, 2.05) is 0 Å². The first kappa shape index (κ1) is 12.4. The summed E-state index contributed by atoms with van der Waals surface area (Å²) in [5.74, 6) is 0.599. The molecule has 2 aromatic rings. The lowest BCUT2D eigenvalue weighted by Crippen LogP contribution is -2.26. The maximum absolute atomic E-state index is 12.2. The number of nitrogens with zero attached hydrogens (tertiary/aromatic N) is 2. The van der Waals surface area contributed by atoms with Gasteiger partial charge in [-0.25, -0.2) is 8.42 Å². The summed E-state index contributed by atoms with van der Waals surface area (Å²) in [6.07, 6.45) is 2.61. The zero-order valence-corrected chi connectivity index (χ0v) is 10.8. The van der Waals surface area contributed by atoms with Crippen LogP contribution >= 0.6 is 0 Å². The van der Waals surface area contributed by atoms with Gasteiger partial charge in [-0.2, -0.15) is 5.10 Å². The summed E-state index contributed by atoms with van der Waals surface area (Å²) in [6, 6.07) is 6.83. The van der Waals surface area contributed by atoms with Crippen molar-refractivity contribution in [2.45, 2.75) is 4.90 Å². The van der Waals surface area contributed by atoms with Gasteiger partial charge in [0.1, 0.15) is 10.6 Å². The maximum atomic E-state index is 12.2. The Morgan fingerprint density at radius 3 is 2.78 bits per heavy atom. The second-order valence-electron chi connectivity index (χ2n) is 3.61.